The van der Waals surface area contributed by atoms with Gasteiger partial charge in [-0.3, -0.25) is 0 Å². The van der Waals surface area contributed by atoms with Crippen LogP contribution in [0.15, 0.2) is 39.3 Å². The predicted octanol–water partition coefficient (Wildman–Crippen LogP) is 6.18. The standard InChI is InChI=1S/C17H18Br2ClN/c1-4-21-17(12-5-6-16(20)11(3)7-12)13-9-14(18)10(2)8-15(13)19/h5-9,17,21H,4H2,1-3H3. The molecular formula is C17H18Br2ClN. The SMILES string of the molecule is CCNC(c1ccc(Cl)c(C)c1)c1cc(Br)c(C)cc1Br. The lowest BCUT2D eigenvalue weighted by Crippen LogP contribution is -2.22. The van der Waals surface area contributed by atoms with Crippen molar-refractivity contribution in [3.8, 4) is 0 Å². The summed E-state index contributed by atoms with van der Waals surface area (Å²) < 4.78 is 2.23. The highest BCUT2D eigenvalue weighted by Gasteiger charge is 2.17. The highest BCUT2D eigenvalue weighted by atomic mass is 79.9. The third-order valence-corrected chi connectivity index (χ3v) is 5.48. The molecule has 0 fully saturated rings. The fourth-order valence-electron chi connectivity index (χ4n) is 2.34. The number of hydrogen-bond acceptors (Lipinski definition) is 1. The molecule has 112 valence electrons. The molecule has 4 heteroatoms. The lowest BCUT2D eigenvalue weighted by Gasteiger charge is -2.22. The molecule has 0 saturated carbocycles. The molecule has 2 rings (SSSR count). The van der Waals surface area contributed by atoms with E-state index in [1.807, 2.05) is 13.0 Å². The largest absolute Gasteiger partial charge is 0.306 e. The monoisotopic (exact) mass is 429 g/mol. The van der Waals surface area contributed by atoms with Gasteiger partial charge in [0.15, 0.2) is 0 Å². The van der Waals surface area contributed by atoms with Crippen molar-refractivity contribution in [3.63, 3.8) is 0 Å². The van der Waals surface area contributed by atoms with E-state index in [1.54, 1.807) is 0 Å². The van der Waals surface area contributed by atoms with Crippen molar-refractivity contribution in [1.82, 2.24) is 5.32 Å². The van der Waals surface area contributed by atoms with Crippen LogP contribution in [0.3, 0.4) is 0 Å². The van der Waals surface area contributed by atoms with Gasteiger partial charge in [-0.25, -0.2) is 0 Å². The molecule has 2 aromatic rings. The molecule has 1 N–H and O–H groups in total. The molecule has 0 bridgehead atoms. The third kappa shape index (κ3) is 3.89. The Labute approximate surface area is 148 Å². The van der Waals surface area contributed by atoms with Gasteiger partial charge in [0, 0.05) is 14.0 Å². The zero-order valence-corrected chi connectivity index (χ0v) is 16.2. The van der Waals surface area contributed by atoms with Crippen molar-refractivity contribution in [2.45, 2.75) is 26.8 Å². The van der Waals surface area contributed by atoms with Gasteiger partial charge < -0.3 is 5.32 Å². The fourth-order valence-corrected chi connectivity index (χ4v) is 3.51. The van der Waals surface area contributed by atoms with E-state index in [0.717, 1.165) is 26.1 Å². The number of halogens is 3. The van der Waals surface area contributed by atoms with Crippen LogP contribution in [0.4, 0.5) is 0 Å². The second-order valence-corrected chi connectivity index (χ2v) is 7.24. The summed E-state index contributed by atoms with van der Waals surface area (Å²) in [7, 11) is 0. The van der Waals surface area contributed by atoms with Crippen molar-refractivity contribution in [3.05, 3.63) is 66.6 Å². The van der Waals surface area contributed by atoms with Crippen molar-refractivity contribution in [2.75, 3.05) is 6.54 Å². The smallest absolute Gasteiger partial charge is 0.0588 e. The van der Waals surface area contributed by atoms with Gasteiger partial charge in [-0.2, -0.15) is 0 Å². The summed E-state index contributed by atoms with van der Waals surface area (Å²) in [5, 5.41) is 4.36. The number of aryl methyl sites for hydroxylation is 2. The molecule has 0 saturated heterocycles. The molecule has 0 aliphatic rings. The predicted molar refractivity (Wildman–Crippen MR) is 98.3 cm³/mol. The van der Waals surface area contributed by atoms with Crippen LogP contribution in [0.5, 0.6) is 0 Å². The first-order valence-electron chi connectivity index (χ1n) is 6.89. The fraction of sp³-hybridized carbons (Fsp3) is 0.294. The Bertz CT molecular complexity index is 655. The van der Waals surface area contributed by atoms with Gasteiger partial charge in [-0.05, 0) is 60.8 Å². The number of nitrogens with one attached hydrogen (secondary N) is 1. The van der Waals surface area contributed by atoms with Crippen molar-refractivity contribution < 1.29 is 0 Å². The van der Waals surface area contributed by atoms with Crippen LogP contribution in [-0.2, 0) is 0 Å². The number of hydrogen-bond donors (Lipinski definition) is 1. The molecule has 0 amide bonds. The highest BCUT2D eigenvalue weighted by Crippen LogP contribution is 2.34. The maximum absolute atomic E-state index is 6.15. The molecule has 1 atom stereocenters. The molecule has 0 aromatic heterocycles. The van der Waals surface area contributed by atoms with E-state index in [1.165, 1.54) is 16.7 Å². The van der Waals surface area contributed by atoms with E-state index in [4.69, 9.17) is 11.6 Å². The highest BCUT2D eigenvalue weighted by molar-refractivity contribution is 9.11. The van der Waals surface area contributed by atoms with E-state index in [2.05, 4.69) is 75.3 Å². The lowest BCUT2D eigenvalue weighted by atomic mass is 9.96. The molecule has 2 aromatic carbocycles. The first-order valence-corrected chi connectivity index (χ1v) is 8.85. The Morgan fingerprint density at radius 3 is 2.38 bits per heavy atom. The van der Waals surface area contributed by atoms with Crippen LogP contribution in [0.1, 0.15) is 35.2 Å². The van der Waals surface area contributed by atoms with Gasteiger partial charge in [0.25, 0.3) is 0 Å². The zero-order valence-electron chi connectivity index (χ0n) is 12.3. The summed E-state index contributed by atoms with van der Waals surface area (Å²) in [5.74, 6) is 0. The van der Waals surface area contributed by atoms with Gasteiger partial charge in [-0.15, -0.1) is 0 Å². The Hall–Kier alpha value is -0.350. The first kappa shape index (κ1) is 17.0. The Morgan fingerprint density at radius 2 is 1.76 bits per heavy atom. The van der Waals surface area contributed by atoms with Crippen LogP contribution in [0, 0.1) is 13.8 Å². The van der Waals surface area contributed by atoms with Crippen LogP contribution in [-0.4, -0.2) is 6.54 Å². The number of benzene rings is 2. The van der Waals surface area contributed by atoms with E-state index in [0.29, 0.717) is 0 Å². The minimum Gasteiger partial charge on any atom is -0.306 e. The zero-order chi connectivity index (χ0) is 15.6. The average Bonchev–Trinajstić information content (AvgIpc) is 2.44. The molecule has 0 spiro atoms. The molecule has 0 heterocycles. The summed E-state index contributed by atoms with van der Waals surface area (Å²) >= 11 is 13.5. The first-order chi connectivity index (χ1) is 9.93. The Balaban J connectivity index is 2.52. The lowest BCUT2D eigenvalue weighted by molar-refractivity contribution is 0.628. The molecule has 1 nitrogen and oxygen atoms in total. The van der Waals surface area contributed by atoms with E-state index < -0.39 is 0 Å². The molecular weight excluding hydrogens is 413 g/mol. The van der Waals surface area contributed by atoms with Gasteiger partial charge in [-0.1, -0.05) is 62.5 Å². The van der Waals surface area contributed by atoms with Crippen LogP contribution >= 0.6 is 43.5 Å². The van der Waals surface area contributed by atoms with Gasteiger partial charge >= 0.3 is 0 Å². The van der Waals surface area contributed by atoms with Crippen LogP contribution in [0.25, 0.3) is 0 Å². The Morgan fingerprint density at radius 1 is 1.05 bits per heavy atom. The van der Waals surface area contributed by atoms with Crippen LogP contribution in [0.2, 0.25) is 5.02 Å². The molecule has 21 heavy (non-hydrogen) atoms. The van der Waals surface area contributed by atoms with Crippen molar-refractivity contribution in [1.29, 1.82) is 0 Å². The molecule has 0 radical (unpaired) electrons. The minimum absolute atomic E-state index is 0.136. The second-order valence-electron chi connectivity index (χ2n) is 5.12. The maximum Gasteiger partial charge on any atom is 0.0588 e. The summed E-state index contributed by atoms with van der Waals surface area (Å²) in [5.41, 5.74) is 4.75. The average molecular weight is 432 g/mol. The van der Waals surface area contributed by atoms with E-state index in [-0.39, 0.29) is 6.04 Å². The topological polar surface area (TPSA) is 12.0 Å². The quantitative estimate of drug-likeness (QED) is 0.609. The normalized spacial score (nSPS) is 12.5. The van der Waals surface area contributed by atoms with Crippen molar-refractivity contribution >= 4 is 43.5 Å². The summed E-state index contributed by atoms with van der Waals surface area (Å²) in [6, 6.07) is 10.7. The maximum atomic E-state index is 6.15. The molecule has 1 unspecified atom stereocenters. The van der Waals surface area contributed by atoms with Crippen LogP contribution < -0.4 is 5.32 Å². The second kappa shape index (κ2) is 7.28. The molecule has 0 aliphatic heterocycles. The number of rotatable bonds is 4. The van der Waals surface area contributed by atoms with Gasteiger partial charge in [0.1, 0.15) is 0 Å². The summed E-state index contributed by atoms with van der Waals surface area (Å²) in [6.45, 7) is 7.14. The third-order valence-electron chi connectivity index (χ3n) is 3.51. The van der Waals surface area contributed by atoms with Crippen molar-refractivity contribution in [2.24, 2.45) is 0 Å². The minimum atomic E-state index is 0.136. The molecule has 0 aliphatic carbocycles. The van der Waals surface area contributed by atoms with E-state index in [9.17, 15) is 0 Å². The summed E-state index contributed by atoms with van der Waals surface area (Å²) in [4.78, 5) is 0. The Kier molecular flexibility index (Phi) is 5.89. The van der Waals surface area contributed by atoms with Gasteiger partial charge in [0.05, 0.1) is 6.04 Å². The van der Waals surface area contributed by atoms with E-state index >= 15 is 0 Å². The summed E-state index contributed by atoms with van der Waals surface area (Å²) in [6.07, 6.45) is 0. The van der Waals surface area contributed by atoms with Gasteiger partial charge in [0.2, 0.25) is 0 Å².